The Bertz CT molecular complexity index is 880. The molecule has 3 heterocycles. The zero-order chi connectivity index (χ0) is 18.3. The summed E-state index contributed by atoms with van der Waals surface area (Å²) in [5, 5.41) is 11.6. The second-order valence-corrected chi connectivity index (χ2v) is 6.95. The molecule has 2 aliphatic rings. The van der Waals surface area contributed by atoms with Gasteiger partial charge in [0, 0.05) is 24.4 Å². The van der Waals surface area contributed by atoms with Crippen molar-refractivity contribution < 1.29 is 14.3 Å². The summed E-state index contributed by atoms with van der Waals surface area (Å²) < 4.78 is 13.6. The number of hydrogen-bond acceptors (Lipinski definition) is 5. The van der Waals surface area contributed by atoms with Gasteiger partial charge in [-0.1, -0.05) is 11.6 Å². The molecule has 1 unspecified atom stereocenters. The molecular formula is C17H17ClFN5O2. The number of hydrogen-bond donors (Lipinski definition) is 3. The number of nitrogens with zero attached hydrogens (tertiary/aromatic N) is 3. The minimum Gasteiger partial charge on any atom is -0.481 e. The Hall–Kier alpha value is -2.61. The van der Waals surface area contributed by atoms with Crippen molar-refractivity contribution in [2.45, 2.75) is 25.7 Å². The van der Waals surface area contributed by atoms with Gasteiger partial charge in [-0.05, 0) is 36.0 Å². The van der Waals surface area contributed by atoms with Gasteiger partial charge in [0.25, 0.3) is 0 Å². The first-order valence-electron chi connectivity index (χ1n) is 8.31. The van der Waals surface area contributed by atoms with E-state index in [1.807, 2.05) is 5.01 Å². The van der Waals surface area contributed by atoms with E-state index in [2.05, 4.69) is 20.4 Å². The number of allylic oxidation sites excluding steroid dienone is 2. The highest BCUT2D eigenvalue weighted by Gasteiger charge is 2.34. The number of hydrazine groups is 1. The van der Waals surface area contributed by atoms with Crippen LogP contribution in [0.4, 0.5) is 10.3 Å². The number of carboxylic acids is 1. The van der Waals surface area contributed by atoms with Crippen molar-refractivity contribution in [2.75, 3.05) is 12.0 Å². The Balaban J connectivity index is 1.65. The molecule has 2 aromatic heterocycles. The standard InChI is InChI=1S/C17H17ClFN5O2/c18-11-7-20-17(21-8-11)23-24-2-1-9(5-16(25)26)12-3-10-4-15(19)22-13(10)6-14(12)24/h4,7-9,22H,1-3,5-6H2,(H,25,26)(H,20,21,23). The van der Waals surface area contributed by atoms with Gasteiger partial charge in [0.05, 0.1) is 23.8 Å². The number of halogens is 2. The van der Waals surface area contributed by atoms with Crippen LogP contribution in [-0.4, -0.2) is 37.6 Å². The minimum absolute atomic E-state index is 0.0576. The van der Waals surface area contributed by atoms with Gasteiger partial charge in [-0.2, -0.15) is 4.39 Å². The number of rotatable bonds is 4. The predicted octanol–water partition coefficient (Wildman–Crippen LogP) is 2.77. The van der Waals surface area contributed by atoms with E-state index in [0.29, 0.717) is 36.8 Å². The molecule has 0 fully saturated rings. The Kier molecular flexibility index (Phi) is 4.28. The smallest absolute Gasteiger partial charge is 0.303 e. The lowest BCUT2D eigenvalue weighted by Crippen LogP contribution is -2.40. The zero-order valence-electron chi connectivity index (χ0n) is 13.8. The van der Waals surface area contributed by atoms with E-state index in [0.717, 1.165) is 22.5 Å². The molecule has 7 nitrogen and oxygen atoms in total. The van der Waals surface area contributed by atoms with Gasteiger partial charge in [-0.3, -0.25) is 15.2 Å². The highest BCUT2D eigenvalue weighted by atomic mass is 35.5. The van der Waals surface area contributed by atoms with Crippen LogP contribution in [0.5, 0.6) is 0 Å². The summed E-state index contributed by atoms with van der Waals surface area (Å²) >= 11 is 5.82. The Morgan fingerprint density at radius 2 is 2.19 bits per heavy atom. The monoisotopic (exact) mass is 377 g/mol. The van der Waals surface area contributed by atoms with E-state index in [1.165, 1.54) is 18.5 Å². The number of carboxylic acid groups (broad SMARTS) is 1. The molecule has 9 heteroatoms. The van der Waals surface area contributed by atoms with E-state index < -0.39 is 5.97 Å². The van der Waals surface area contributed by atoms with E-state index in [1.54, 1.807) is 0 Å². The summed E-state index contributed by atoms with van der Waals surface area (Å²) in [7, 11) is 0. The van der Waals surface area contributed by atoms with Crippen molar-refractivity contribution in [1.82, 2.24) is 20.0 Å². The van der Waals surface area contributed by atoms with Gasteiger partial charge < -0.3 is 10.1 Å². The second-order valence-electron chi connectivity index (χ2n) is 6.52. The van der Waals surface area contributed by atoms with Crippen LogP contribution < -0.4 is 5.43 Å². The van der Waals surface area contributed by atoms with E-state index in [-0.39, 0.29) is 18.3 Å². The normalized spacial score (nSPS) is 19.2. The third kappa shape index (κ3) is 3.24. The number of nitrogens with one attached hydrogen (secondary N) is 2. The number of aromatic amines is 1. The lowest BCUT2D eigenvalue weighted by Gasteiger charge is -2.39. The third-order valence-corrected chi connectivity index (χ3v) is 5.05. The zero-order valence-corrected chi connectivity index (χ0v) is 14.6. The largest absolute Gasteiger partial charge is 0.481 e. The van der Waals surface area contributed by atoms with Crippen molar-refractivity contribution in [1.29, 1.82) is 0 Å². The fraction of sp³-hybridized carbons (Fsp3) is 0.353. The van der Waals surface area contributed by atoms with Crippen LogP contribution >= 0.6 is 11.6 Å². The van der Waals surface area contributed by atoms with Crippen molar-refractivity contribution in [3.05, 3.63) is 52.0 Å². The predicted molar refractivity (Wildman–Crippen MR) is 92.9 cm³/mol. The second kappa shape index (κ2) is 6.60. The number of carbonyl (C=O) groups is 1. The summed E-state index contributed by atoms with van der Waals surface area (Å²) in [6, 6.07) is 1.49. The van der Waals surface area contributed by atoms with E-state index in [9.17, 15) is 14.3 Å². The molecule has 26 heavy (non-hydrogen) atoms. The maximum absolute atomic E-state index is 13.6. The van der Waals surface area contributed by atoms with Crippen molar-refractivity contribution >= 4 is 23.5 Å². The fourth-order valence-corrected chi connectivity index (χ4v) is 3.79. The van der Waals surface area contributed by atoms with Gasteiger partial charge in [0.15, 0.2) is 5.95 Å². The average Bonchev–Trinajstić information content (AvgIpc) is 2.96. The molecule has 1 aliphatic carbocycles. The highest BCUT2D eigenvalue weighted by Crippen LogP contribution is 2.38. The Morgan fingerprint density at radius 3 is 2.92 bits per heavy atom. The third-order valence-electron chi connectivity index (χ3n) is 4.85. The summed E-state index contributed by atoms with van der Waals surface area (Å²) in [5.41, 5.74) is 6.86. The van der Waals surface area contributed by atoms with Crippen molar-refractivity contribution in [3.63, 3.8) is 0 Å². The van der Waals surface area contributed by atoms with Crippen LogP contribution in [0.15, 0.2) is 29.7 Å². The number of fused-ring (bicyclic) bond motifs is 1. The maximum atomic E-state index is 13.6. The first-order chi connectivity index (χ1) is 12.5. The molecule has 4 rings (SSSR count). The molecule has 0 saturated carbocycles. The lowest BCUT2D eigenvalue weighted by atomic mass is 9.80. The molecule has 1 atom stereocenters. The molecule has 136 valence electrons. The molecule has 2 aromatic rings. The molecule has 0 saturated heterocycles. The molecule has 0 aromatic carbocycles. The van der Waals surface area contributed by atoms with Gasteiger partial charge in [-0.25, -0.2) is 9.97 Å². The highest BCUT2D eigenvalue weighted by molar-refractivity contribution is 6.30. The number of anilines is 1. The quantitative estimate of drug-likeness (QED) is 0.758. The van der Waals surface area contributed by atoms with Crippen LogP contribution in [0.3, 0.4) is 0 Å². The molecular weight excluding hydrogens is 361 g/mol. The minimum atomic E-state index is -0.824. The van der Waals surface area contributed by atoms with Crippen molar-refractivity contribution in [2.24, 2.45) is 5.92 Å². The SMILES string of the molecule is O=C(O)CC1CCN(Nc2ncc(Cl)cn2)C2=C1Cc1cc(F)[nH]c1C2. The van der Waals surface area contributed by atoms with Crippen LogP contribution in [0, 0.1) is 11.9 Å². The van der Waals surface area contributed by atoms with Gasteiger partial charge in [0.1, 0.15) is 0 Å². The Morgan fingerprint density at radius 1 is 1.42 bits per heavy atom. The molecule has 3 N–H and O–H groups in total. The molecule has 0 amide bonds. The topological polar surface area (TPSA) is 94.1 Å². The van der Waals surface area contributed by atoms with Crippen LogP contribution in [0.25, 0.3) is 0 Å². The first-order valence-corrected chi connectivity index (χ1v) is 8.69. The van der Waals surface area contributed by atoms with E-state index >= 15 is 0 Å². The van der Waals surface area contributed by atoms with Gasteiger partial charge >= 0.3 is 5.97 Å². The molecule has 0 spiro atoms. The van der Waals surface area contributed by atoms with Crippen LogP contribution in [-0.2, 0) is 17.6 Å². The van der Waals surface area contributed by atoms with E-state index in [4.69, 9.17) is 11.6 Å². The Labute approximate surface area is 153 Å². The summed E-state index contributed by atoms with van der Waals surface area (Å²) in [6.45, 7) is 0.612. The summed E-state index contributed by atoms with van der Waals surface area (Å²) in [5.74, 6) is -0.847. The fourth-order valence-electron chi connectivity index (χ4n) is 3.70. The van der Waals surface area contributed by atoms with Crippen LogP contribution in [0.1, 0.15) is 24.1 Å². The molecule has 0 radical (unpaired) electrons. The molecule has 1 aliphatic heterocycles. The maximum Gasteiger partial charge on any atom is 0.303 e. The number of aromatic nitrogens is 3. The lowest BCUT2D eigenvalue weighted by molar-refractivity contribution is -0.137. The average molecular weight is 378 g/mol. The number of H-pyrrole nitrogens is 1. The summed E-state index contributed by atoms with van der Waals surface area (Å²) in [4.78, 5) is 22.3. The van der Waals surface area contributed by atoms with Crippen LogP contribution in [0.2, 0.25) is 5.02 Å². The van der Waals surface area contributed by atoms with Crippen molar-refractivity contribution in [3.8, 4) is 0 Å². The first kappa shape index (κ1) is 16.8. The van der Waals surface area contributed by atoms with Gasteiger partial charge in [-0.15, -0.1) is 0 Å². The summed E-state index contributed by atoms with van der Waals surface area (Å²) in [6.07, 6.45) is 4.82. The number of aliphatic carboxylic acids is 1. The van der Waals surface area contributed by atoms with Gasteiger partial charge in [0.2, 0.25) is 5.95 Å². The molecule has 0 bridgehead atoms.